The Bertz CT molecular complexity index is 704. The molecule has 8 heteroatoms. The first-order valence-corrected chi connectivity index (χ1v) is 6.30. The maximum atomic E-state index is 13.6. The topological polar surface area (TPSA) is 26.0 Å². The fourth-order valence-electron chi connectivity index (χ4n) is 2.16. The Kier molecular flexibility index (Phi) is 4.39. The van der Waals surface area contributed by atoms with E-state index in [4.69, 9.17) is 5.73 Å². The number of nitrogens with two attached hydrogens (primary N) is 1. The highest BCUT2D eigenvalue weighted by Gasteiger charge is 2.36. The lowest BCUT2D eigenvalue weighted by atomic mass is 9.94. The third-order valence-corrected chi connectivity index (χ3v) is 3.26. The molecule has 0 radical (unpaired) electrons. The predicted octanol–water partition coefficient (Wildman–Crippen LogP) is 4.91. The van der Waals surface area contributed by atoms with Crippen LogP contribution in [0.15, 0.2) is 42.5 Å². The van der Waals surface area contributed by atoms with Crippen LogP contribution in [0.2, 0.25) is 0 Å². The molecule has 1 atom stereocenters. The molecular formula is C15H10F7N. The molecule has 0 fully saturated rings. The van der Waals surface area contributed by atoms with Crippen LogP contribution in [0.1, 0.15) is 28.3 Å². The molecule has 23 heavy (non-hydrogen) atoms. The molecule has 0 heterocycles. The van der Waals surface area contributed by atoms with E-state index in [0.29, 0.717) is 12.1 Å². The van der Waals surface area contributed by atoms with Crippen molar-refractivity contribution < 1.29 is 30.7 Å². The van der Waals surface area contributed by atoms with Crippen LogP contribution in [0.5, 0.6) is 0 Å². The standard InChI is InChI=1S/C15H10F7N/c16-12-7-8(5-6-11(12)15(20,21)22)13(23)9-3-1-2-4-10(9)14(17,18)19/h1-7,13H,23H2. The second-order valence-corrected chi connectivity index (χ2v) is 4.80. The average molecular weight is 337 g/mol. The molecule has 124 valence electrons. The highest BCUT2D eigenvalue weighted by Crippen LogP contribution is 2.37. The zero-order valence-corrected chi connectivity index (χ0v) is 11.3. The molecule has 0 saturated heterocycles. The van der Waals surface area contributed by atoms with E-state index < -0.39 is 35.3 Å². The third-order valence-electron chi connectivity index (χ3n) is 3.26. The van der Waals surface area contributed by atoms with E-state index >= 15 is 0 Å². The lowest BCUT2D eigenvalue weighted by molar-refractivity contribution is -0.140. The molecule has 0 bridgehead atoms. The van der Waals surface area contributed by atoms with Crippen LogP contribution in [-0.2, 0) is 12.4 Å². The molecule has 0 amide bonds. The third kappa shape index (κ3) is 3.64. The molecular weight excluding hydrogens is 327 g/mol. The van der Waals surface area contributed by atoms with Gasteiger partial charge in [0.2, 0.25) is 0 Å². The van der Waals surface area contributed by atoms with Crippen molar-refractivity contribution in [2.45, 2.75) is 18.4 Å². The molecule has 0 aromatic heterocycles. The molecule has 0 aliphatic rings. The second kappa shape index (κ2) is 5.84. The first-order valence-electron chi connectivity index (χ1n) is 6.30. The zero-order valence-electron chi connectivity index (χ0n) is 11.3. The minimum atomic E-state index is -4.89. The van der Waals surface area contributed by atoms with Crippen molar-refractivity contribution in [2.75, 3.05) is 0 Å². The minimum absolute atomic E-state index is 0.188. The van der Waals surface area contributed by atoms with Crippen LogP contribution >= 0.6 is 0 Å². The van der Waals surface area contributed by atoms with Gasteiger partial charge in [-0.3, -0.25) is 0 Å². The van der Waals surface area contributed by atoms with E-state index in [9.17, 15) is 30.7 Å². The van der Waals surface area contributed by atoms with Crippen LogP contribution in [0, 0.1) is 5.82 Å². The van der Waals surface area contributed by atoms with Gasteiger partial charge >= 0.3 is 12.4 Å². The van der Waals surface area contributed by atoms with E-state index in [1.165, 1.54) is 6.07 Å². The molecule has 2 aromatic rings. The van der Waals surface area contributed by atoms with Gasteiger partial charge in [0.25, 0.3) is 0 Å². The molecule has 1 unspecified atom stereocenters. The monoisotopic (exact) mass is 337 g/mol. The average Bonchev–Trinajstić information content (AvgIpc) is 2.44. The summed E-state index contributed by atoms with van der Waals surface area (Å²) in [6.07, 6.45) is -9.57. The second-order valence-electron chi connectivity index (χ2n) is 4.80. The SMILES string of the molecule is NC(c1ccc(C(F)(F)F)c(F)c1)c1ccccc1C(F)(F)F. The summed E-state index contributed by atoms with van der Waals surface area (Å²) in [5, 5.41) is 0. The van der Waals surface area contributed by atoms with Gasteiger partial charge in [-0.05, 0) is 29.3 Å². The van der Waals surface area contributed by atoms with E-state index in [0.717, 1.165) is 24.3 Å². The van der Waals surface area contributed by atoms with Gasteiger partial charge in [0.1, 0.15) is 5.82 Å². The van der Waals surface area contributed by atoms with Crippen molar-refractivity contribution >= 4 is 0 Å². The summed E-state index contributed by atoms with van der Waals surface area (Å²) in [6, 6.07) is 4.78. The van der Waals surface area contributed by atoms with Crippen molar-refractivity contribution in [2.24, 2.45) is 5.73 Å². The lowest BCUT2D eigenvalue weighted by Gasteiger charge is -2.19. The number of hydrogen-bond acceptors (Lipinski definition) is 1. The Morgan fingerprint density at radius 3 is 1.87 bits per heavy atom. The van der Waals surface area contributed by atoms with E-state index in [-0.39, 0.29) is 11.1 Å². The van der Waals surface area contributed by atoms with Gasteiger partial charge < -0.3 is 5.73 Å². The largest absolute Gasteiger partial charge is 0.419 e. The fourth-order valence-corrected chi connectivity index (χ4v) is 2.16. The van der Waals surface area contributed by atoms with Crippen LogP contribution in [0.4, 0.5) is 30.7 Å². The Labute approximate surface area is 126 Å². The van der Waals surface area contributed by atoms with Gasteiger partial charge in [-0.1, -0.05) is 24.3 Å². The minimum Gasteiger partial charge on any atom is -0.320 e. The first-order chi connectivity index (χ1) is 10.5. The van der Waals surface area contributed by atoms with Gasteiger partial charge in [0, 0.05) is 0 Å². The lowest BCUT2D eigenvalue weighted by Crippen LogP contribution is -2.19. The Morgan fingerprint density at radius 1 is 0.783 bits per heavy atom. The van der Waals surface area contributed by atoms with Crippen molar-refractivity contribution in [1.82, 2.24) is 0 Å². The van der Waals surface area contributed by atoms with Gasteiger partial charge in [0.05, 0.1) is 17.2 Å². The number of alkyl halides is 6. The Morgan fingerprint density at radius 2 is 1.35 bits per heavy atom. The van der Waals surface area contributed by atoms with E-state index in [1.807, 2.05) is 0 Å². The van der Waals surface area contributed by atoms with Gasteiger partial charge in [-0.15, -0.1) is 0 Å². The van der Waals surface area contributed by atoms with Crippen LogP contribution in [0.3, 0.4) is 0 Å². The van der Waals surface area contributed by atoms with Crippen LogP contribution in [-0.4, -0.2) is 0 Å². The summed E-state index contributed by atoms with van der Waals surface area (Å²) in [7, 11) is 0. The van der Waals surface area contributed by atoms with E-state index in [1.54, 1.807) is 0 Å². The van der Waals surface area contributed by atoms with Gasteiger partial charge in [-0.2, -0.15) is 26.3 Å². The molecule has 0 spiro atoms. The highest BCUT2D eigenvalue weighted by atomic mass is 19.4. The quantitative estimate of drug-likeness (QED) is 0.774. The molecule has 0 aliphatic carbocycles. The molecule has 2 rings (SSSR count). The van der Waals surface area contributed by atoms with Crippen LogP contribution in [0.25, 0.3) is 0 Å². The van der Waals surface area contributed by atoms with Gasteiger partial charge in [-0.25, -0.2) is 4.39 Å². The van der Waals surface area contributed by atoms with Crippen molar-refractivity contribution in [3.8, 4) is 0 Å². The first kappa shape index (κ1) is 17.3. The summed E-state index contributed by atoms with van der Waals surface area (Å²) in [5.41, 5.74) is 2.64. The number of rotatable bonds is 2. The molecule has 2 N–H and O–H groups in total. The normalized spacial score (nSPS) is 13.9. The Hall–Kier alpha value is -2.09. The number of hydrogen-bond donors (Lipinski definition) is 1. The summed E-state index contributed by atoms with van der Waals surface area (Å²) in [4.78, 5) is 0. The Balaban J connectivity index is 2.47. The fraction of sp³-hybridized carbons (Fsp3) is 0.200. The summed E-state index contributed by atoms with van der Waals surface area (Å²) in [6.45, 7) is 0. The summed E-state index contributed by atoms with van der Waals surface area (Å²) < 4.78 is 89.9. The molecule has 1 nitrogen and oxygen atoms in total. The number of benzene rings is 2. The maximum absolute atomic E-state index is 13.6. The van der Waals surface area contributed by atoms with E-state index in [2.05, 4.69) is 0 Å². The van der Waals surface area contributed by atoms with Crippen molar-refractivity contribution in [3.63, 3.8) is 0 Å². The summed E-state index contributed by atoms with van der Waals surface area (Å²) >= 11 is 0. The molecule has 0 saturated carbocycles. The smallest absolute Gasteiger partial charge is 0.320 e. The molecule has 0 aliphatic heterocycles. The highest BCUT2D eigenvalue weighted by molar-refractivity contribution is 5.40. The summed E-state index contributed by atoms with van der Waals surface area (Å²) in [5.74, 6) is -1.59. The maximum Gasteiger partial charge on any atom is 0.419 e. The number of halogens is 7. The predicted molar refractivity (Wildman–Crippen MR) is 68.9 cm³/mol. The van der Waals surface area contributed by atoms with Crippen molar-refractivity contribution in [1.29, 1.82) is 0 Å². The van der Waals surface area contributed by atoms with Gasteiger partial charge in [0.15, 0.2) is 0 Å². The van der Waals surface area contributed by atoms with Crippen LogP contribution < -0.4 is 5.73 Å². The molecule has 2 aromatic carbocycles. The van der Waals surface area contributed by atoms with Crippen molar-refractivity contribution in [3.05, 3.63) is 70.5 Å². The zero-order chi connectivity index (χ0) is 17.4.